The van der Waals surface area contributed by atoms with Gasteiger partial charge in [0.2, 0.25) is 5.91 Å². The third-order valence-corrected chi connectivity index (χ3v) is 8.41. The summed E-state index contributed by atoms with van der Waals surface area (Å²) in [5.41, 5.74) is 0. The Balaban J connectivity index is 3.87. The highest BCUT2D eigenvalue weighted by Gasteiger charge is 2.12. The first-order chi connectivity index (χ1) is 24.0. The standard InChI is InChI=1S/C43H73NO5/c1-3-5-7-9-10-11-12-13-14-15-16-17-18-19-20-21-22-23-24-25-26-28-34-38-43(48)49-40(35-31-27-8-6-4-2)36-32-29-30-33-37-41(45)44-39-42(46)47/h5,7,10-11,13-14,16-17,31,35,40H,3-4,6,8-9,12,15,18-30,32-34,36-39H2,1-2H3,(H,44,45)(H,46,47)/b7-5-,11-10-,14-13-,17-16-,35-31-. The molecule has 1 amide bonds. The smallest absolute Gasteiger partial charge is 0.322 e. The van der Waals surface area contributed by atoms with E-state index in [0.717, 1.165) is 83.5 Å². The lowest BCUT2D eigenvalue weighted by atomic mass is 10.0. The van der Waals surface area contributed by atoms with Gasteiger partial charge in [-0.2, -0.15) is 0 Å². The maximum atomic E-state index is 12.6. The molecule has 0 saturated carbocycles. The first-order valence-electron chi connectivity index (χ1n) is 19.9. The van der Waals surface area contributed by atoms with Crippen molar-refractivity contribution in [2.45, 2.75) is 187 Å². The lowest BCUT2D eigenvalue weighted by Gasteiger charge is -2.15. The maximum Gasteiger partial charge on any atom is 0.322 e. The molecular formula is C43H73NO5. The van der Waals surface area contributed by atoms with Crippen LogP contribution in [0.2, 0.25) is 0 Å². The van der Waals surface area contributed by atoms with Gasteiger partial charge in [0, 0.05) is 12.8 Å². The van der Waals surface area contributed by atoms with Crippen LogP contribution in [0.15, 0.2) is 60.8 Å². The summed E-state index contributed by atoms with van der Waals surface area (Å²) < 4.78 is 5.85. The van der Waals surface area contributed by atoms with Crippen molar-refractivity contribution in [2.75, 3.05) is 6.54 Å². The topological polar surface area (TPSA) is 92.7 Å². The molecule has 0 spiro atoms. The molecule has 0 saturated heterocycles. The van der Waals surface area contributed by atoms with Crippen LogP contribution in [-0.2, 0) is 19.1 Å². The lowest BCUT2D eigenvalue weighted by molar-refractivity contribution is -0.147. The second kappa shape index (κ2) is 37.9. The number of carboxylic acids is 1. The number of unbranched alkanes of at least 4 members (excludes halogenated alkanes) is 16. The minimum atomic E-state index is -1.03. The van der Waals surface area contributed by atoms with Crippen molar-refractivity contribution in [3.8, 4) is 0 Å². The zero-order valence-electron chi connectivity index (χ0n) is 31.5. The van der Waals surface area contributed by atoms with E-state index in [-0.39, 0.29) is 24.5 Å². The fraction of sp³-hybridized carbons (Fsp3) is 0.698. The molecule has 0 rings (SSSR count). The number of hydrogen-bond donors (Lipinski definition) is 2. The normalized spacial score (nSPS) is 12.7. The van der Waals surface area contributed by atoms with Crippen LogP contribution in [0.3, 0.4) is 0 Å². The Hall–Kier alpha value is -2.89. The lowest BCUT2D eigenvalue weighted by Crippen LogP contribution is -2.28. The number of allylic oxidation sites excluding steroid dienone is 9. The zero-order valence-corrected chi connectivity index (χ0v) is 31.5. The van der Waals surface area contributed by atoms with Crippen LogP contribution < -0.4 is 5.32 Å². The Kier molecular flexibility index (Phi) is 35.7. The summed E-state index contributed by atoms with van der Waals surface area (Å²) in [6.07, 6.45) is 49.5. The van der Waals surface area contributed by atoms with Crippen LogP contribution in [0.25, 0.3) is 0 Å². The summed E-state index contributed by atoms with van der Waals surface area (Å²) in [5, 5.41) is 11.0. The van der Waals surface area contributed by atoms with Gasteiger partial charge in [0.15, 0.2) is 0 Å². The Labute approximate surface area is 301 Å². The van der Waals surface area contributed by atoms with Crippen molar-refractivity contribution >= 4 is 17.8 Å². The average Bonchev–Trinajstić information content (AvgIpc) is 3.08. The summed E-state index contributed by atoms with van der Waals surface area (Å²) in [6.45, 7) is 4.03. The van der Waals surface area contributed by atoms with Gasteiger partial charge < -0.3 is 15.2 Å². The second-order valence-electron chi connectivity index (χ2n) is 13.2. The number of carboxylic acid groups (broad SMARTS) is 1. The van der Waals surface area contributed by atoms with E-state index in [0.29, 0.717) is 12.8 Å². The van der Waals surface area contributed by atoms with Gasteiger partial charge in [-0.25, -0.2) is 0 Å². The van der Waals surface area contributed by atoms with Gasteiger partial charge in [0.25, 0.3) is 0 Å². The largest absolute Gasteiger partial charge is 0.480 e. The van der Waals surface area contributed by atoms with Gasteiger partial charge in [-0.1, -0.05) is 146 Å². The summed E-state index contributed by atoms with van der Waals surface area (Å²) >= 11 is 0. The molecule has 6 heteroatoms. The summed E-state index contributed by atoms with van der Waals surface area (Å²) in [4.78, 5) is 34.8. The van der Waals surface area contributed by atoms with E-state index in [1.807, 2.05) is 0 Å². The van der Waals surface area contributed by atoms with Crippen molar-refractivity contribution < 1.29 is 24.2 Å². The van der Waals surface area contributed by atoms with Crippen molar-refractivity contribution in [1.82, 2.24) is 5.32 Å². The fourth-order valence-corrected chi connectivity index (χ4v) is 5.47. The number of esters is 1. The SMILES string of the molecule is CC/C=C\C/C=C\C/C=C\C/C=C\CCCCCCCCCCCCC(=O)OC(/C=C\CCCCC)CCCCCCC(=O)NCC(=O)O. The molecular weight excluding hydrogens is 610 g/mol. The van der Waals surface area contributed by atoms with E-state index in [9.17, 15) is 14.4 Å². The molecule has 1 unspecified atom stereocenters. The van der Waals surface area contributed by atoms with Crippen LogP contribution in [0.5, 0.6) is 0 Å². The van der Waals surface area contributed by atoms with E-state index in [1.54, 1.807) is 0 Å². The molecule has 0 aliphatic carbocycles. The monoisotopic (exact) mass is 684 g/mol. The number of carbonyl (C=O) groups excluding carboxylic acids is 2. The van der Waals surface area contributed by atoms with Crippen molar-refractivity contribution in [1.29, 1.82) is 0 Å². The number of ether oxygens (including phenoxy) is 1. The summed E-state index contributed by atoms with van der Waals surface area (Å²) in [6, 6.07) is 0. The van der Waals surface area contributed by atoms with Gasteiger partial charge in [0.1, 0.15) is 12.6 Å². The third-order valence-electron chi connectivity index (χ3n) is 8.41. The number of carbonyl (C=O) groups is 3. The molecule has 0 heterocycles. The molecule has 0 aliphatic heterocycles. The van der Waals surface area contributed by atoms with Gasteiger partial charge in [-0.05, 0) is 83.1 Å². The van der Waals surface area contributed by atoms with Crippen molar-refractivity contribution in [3.63, 3.8) is 0 Å². The minimum absolute atomic E-state index is 0.0939. The van der Waals surface area contributed by atoms with Gasteiger partial charge in [-0.3, -0.25) is 14.4 Å². The fourth-order valence-electron chi connectivity index (χ4n) is 5.47. The molecule has 0 aromatic heterocycles. The number of rotatable bonds is 35. The molecule has 2 N–H and O–H groups in total. The van der Waals surface area contributed by atoms with E-state index in [1.165, 1.54) is 70.6 Å². The molecule has 1 atom stereocenters. The molecule has 0 radical (unpaired) electrons. The zero-order chi connectivity index (χ0) is 35.9. The van der Waals surface area contributed by atoms with Gasteiger partial charge >= 0.3 is 11.9 Å². The molecule has 6 nitrogen and oxygen atoms in total. The van der Waals surface area contributed by atoms with Crippen LogP contribution in [0.4, 0.5) is 0 Å². The first kappa shape index (κ1) is 46.1. The van der Waals surface area contributed by atoms with E-state index < -0.39 is 5.97 Å². The Bertz CT molecular complexity index is 933. The first-order valence-corrected chi connectivity index (χ1v) is 19.9. The van der Waals surface area contributed by atoms with Crippen molar-refractivity contribution in [3.05, 3.63) is 60.8 Å². The summed E-state index contributed by atoms with van der Waals surface area (Å²) in [5.74, 6) is -1.34. The number of nitrogens with one attached hydrogen (secondary N) is 1. The molecule has 0 aliphatic rings. The second-order valence-corrected chi connectivity index (χ2v) is 13.2. The van der Waals surface area contributed by atoms with E-state index >= 15 is 0 Å². The Morgan fingerprint density at radius 3 is 1.65 bits per heavy atom. The van der Waals surface area contributed by atoms with Crippen LogP contribution in [0.1, 0.15) is 181 Å². The average molecular weight is 684 g/mol. The molecule has 49 heavy (non-hydrogen) atoms. The molecule has 0 aromatic rings. The highest BCUT2D eigenvalue weighted by molar-refractivity contribution is 5.80. The van der Waals surface area contributed by atoms with E-state index in [4.69, 9.17) is 9.84 Å². The number of hydrogen-bond acceptors (Lipinski definition) is 4. The molecule has 0 bridgehead atoms. The van der Waals surface area contributed by atoms with E-state index in [2.05, 4.69) is 79.9 Å². The highest BCUT2D eigenvalue weighted by Crippen LogP contribution is 2.15. The minimum Gasteiger partial charge on any atom is -0.480 e. The summed E-state index contributed by atoms with van der Waals surface area (Å²) in [7, 11) is 0. The van der Waals surface area contributed by atoms with Crippen LogP contribution in [0, 0.1) is 0 Å². The Morgan fingerprint density at radius 1 is 0.571 bits per heavy atom. The van der Waals surface area contributed by atoms with Crippen molar-refractivity contribution in [2.24, 2.45) is 0 Å². The predicted octanol–water partition coefficient (Wildman–Crippen LogP) is 12.1. The van der Waals surface area contributed by atoms with Crippen LogP contribution >= 0.6 is 0 Å². The Morgan fingerprint density at radius 2 is 1.06 bits per heavy atom. The molecule has 0 fully saturated rings. The third kappa shape index (κ3) is 37.8. The molecule has 0 aromatic carbocycles. The predicted molar refractivity (Wildman–Crippen MR) is 208 cm³/mol. The highest BCUT2D eigenvalue weighted by atomic mass is 16.5. The maximum absolute atomic E-state index is 12.6. The quantitative estimate of drug-likeness (QED) is 0.0394. The molecule has 280 valence electrons. The number of amides is 1. The number of aliphatic carboxylic acids is 1. The van der Waals surface area contributed by atoms with Gasteiger partial charge in [0.05, 0.1) is 0 Å². The van der Waals surface area contributed by atoms with Gasteiger partial charge in [-0.15, -0.1) is 0 Å². The van der Waals surface area contributed by atoms with Crippen LogP contribution in [-0.4, -0.2) is 35.6 Å².